The van der Waals surface area contributed by atoms with Gasteiger partial charge in [-0.3, -0.25) is 4.79 Å². The molecule has 3 aromatic carbocycles. The van der Waals surface area contributed by atoms with Crippen molar-refractivity contribution in [2.45, 2.75) is 19.9 Å². The number of aromatic nitrogens is 1. The molecule has 168 valence electrons. The van der Waals surface area contributed by atoms with Gasteiger partial charge in [-0.2, -0.15) is 5.10 Å². The van der Waals surface area contributed by atoms with E-state index >= 15 is 0 Å². The van der Waals surface area contributed by atoms with E-state index < -0.39 is 0 Å². The number of para-hydroxylation sites is 1. The van der Waals surface area contributed by atoms with Gasteiger partial charge in [-0.25, -0.2) is 5.43 Å². The van der Waals surface area contributed by atoms with Crippen LogP contribution >= 0.6 is 23.2 Å². The standard InChI is InChI=1S/C26H23Cl2N3O2/c1-2-33-22-11-7-18(8-12-22)13-26(32)30-29-15-20-17-31(25-6-4-3-5-23(20)25)16-19-9-10-21(27)14-24(19)28/h3-12,14-15,17H,2,13,16H2,1H3,(H,30,32)/b29-15-. The summed E-state index contributed by atoms with van der Waals surface area (Å²) in [6.45, 7) is 3.13. The number of halogens is 2. The van der Waals surface area contributed by atoms with E-state index in [0.717, 1.165) is 33.3 Å². The third-order valence-electron chi connectivity index (χ3n) is 5.17. The van der Waals surface area contributed by atoms with Crippen LogP contribution in [0.4, 0.5) is 0 Å². The van der Waals surface area contributed by atoms with Crippen LogP contribution in [0.15, 0.2) is 78.0 Å². The van der Waals surface area contributed by atoms with Crippen molar-refractivity contribution < 1.29 is 9.53 Å². The number of nitrogens with zero attached hydrogens (tertiary/aromatic N) is 2. The first-order chi connectivity index (χ1) is 16.0. The van der Waals surface area contributed by atoms with Gasteiger partial charge in [0.05, 0.1) is 19.2 Å². The van der Waals surface area contributed by atoms with Crippen molar-refractivity contribution in [1.82, 2.24) is 9.99 Å². The number of rotatable bonds is 8. The number of ether oxygens (including phenoxy) is 1. The fraction of sp³-hybridized carbons (Fsp3) is 0.154. The minimum absolute atomic E-state index is 0.188. The summed E-state index contributed by atoms with van der Waals surface area (Å²) in [5, 5.41) is 6.44. The maximum Gasteiger partial charge on any atom is 0.244 e. The maximum atomic E-state index is 12.3. The van der Waals surface area contributed by atoms with E-state index in [9.17, 15) is 4.79 Å². The van der Waals surface area contributed by atoms with Crippen LogP contribution in [0.25, 0.3) is 10.9 Å². The lowest BCUT2D eigenvalue weighted by atomic mass is 10.1. The highest BCUT2D eigenvalue weighted by molar-refractivity contribution is 6.35. The van der Waals surface area contributed by atoms with Crippen molar-refractivity contribution >= 4 is 46.2 Å². The summed E-state index contributed by atoms with van der Waals surface area (Å²) in [6.07, 6.45) is 3.90. The Hall–Kier alpha value is -3.28. The Morgan fingerprint density at radius 2 is 1.88 bits per heavy atom. The van der Waals surface area contributed by atoms with Crippen LogP contribution in [0.5, 0.6) is 5.75 Å². The Balaban J connectivity index is 1.46. The minimum atomic E-state index is -0.188. The number of fused-ring (bicyclic) bond motifs is 1. The summed E-state index contributed by atoms with van der Waals surface area (Å²) in [4.78, 5) is 12.3. The molecule has 1 amide bonds. The topological polar surface area (TPSA) is 55.6 Å². The van der Waals surface area contributed by atoms with E-state index in [2.05, 4.69) is 15.1 Å². The number of hydrogen-bond donors (Lipinski definition) is 1. The fourth-order valence-corrected chi connectivity index (χ4v) is 4.08. The molecule has 1 aromatic heterocycles. The highest BCUT2D eigenvalue weighted by atomic mass is 35.5. The van der Waals surface area contributed by atoms with Gasteiger partial charge in [-0.1, -0.05) is 59.6 Å². The first-order valence-electron chi connectivity index (χ1n) is 10.6. The molecule has 4 rings (SSSR count). The molecule has 1 heterocycles. The summed E-state index contributed by atoms with van der Waals surface area (Å²) >= 11 is 12.4. The molecule has 1 N–H and O–H groups in total. The molecule has 0 radical (unpaired) electrons. The number of hydrogen-bond acceptors (Lipinski definition) is 3. The number of carbonyl (C=O) groups excluding carboxylic acids is 1. The number of amides is 1. The molecule has 0 atom stereocenters. The van der Waals surface area contributed by atoms with Crippen LogP contribution in [0.1, 0.15) is 23.6 Å². The Labute approximate surface area is 202 Å². The molecule has 0 fully saturated rings. The minimum Gasteiger partial charge on any atom is -0.494 e. The lowest BCUT2D eigenvalue weighted by molar-refractivity contribution is -0.120. The molecule has 0 spiro atoms. The highest BCUT2D eigenvalue weighted by Gasteiger charge is 2.10. The van der Waals surface area contributed by atoms with E-state index in [1.165, 1.54) is 0 Å². The highest BCUT2D eigenvalue weighted by Crippen LogP contribution is 2.25. The van der Waals surface area contributed by atoms with E-state index in [-0.39, 0.29) is 12.3 Å². The third kappa shape index (κ3) is 5.75. The zero-order valence-electron chi connectivity index (χ0n) is 18.1. The molecule has 0 unspecified atom stereocenters. The number of carbonyl (C=O) groups is 1. The van der Waals surface area contributed by atoms with Crippen LogP contribution in [0, 0.1) is 0 Å². The molecule has 0 saturated heterocycles. The smallest absolute Gasteiger partial charge is 0.244 e. The zero-order valence-corrected chi connectivity index (χ0v) is 19.6. The second kappa shape index (κ2) is 10.6. The van der Waals surface area contributed by atoms with Gasteiger partial charge in [0, 0.05) is 39.3 Å². The maximum absolute atomic E-state index is 12.3. The SMILES string of the molecule is CCOc1ccc(CC(=O)N/N=C\c2cn(Cc3ccc(Cl)cc3Cl)c3ccccc23)cc1. The van der Waals surface area contributed by atoms with Gasteiger partial charge >= 0.3 is 0 Å². The van der Waals surface area contributed by atoms with Gasteiger partial charge in [-0.05, 0) is 48.4 Å². The quantitative estimate of drug-likeness (QED) is 0.245. The number of hydrazone groups is 1. The summed E-state index contributed by atoms with van der Waals surface area (Å²) < 4.78 is 7.53. The van der Waals surface area contributed by atoms with Gasteiger partial charge in [0.15, 0.2) is 0 Å². The van der Waals surface area contributed by atoms with Crippen molar-refractivity contribution in [1.29, 1.82) is 0 Å². The van der Waals surface area contributed by atoms with Crippen LogP contribution in [0.3, 0.4) is 0 Å². The predicted octanol–water partition coefficient (Wildman–Crippen LogP) is 6.09. The van der Waals surface area contributed by atoms with Gasteiger partial charge < -0.3 is 9.30 Å². The normalized spacial score (nSPS) is 11.2. The van der Waals surface area contributed by atoms with Crippen LogP contribution in [-0.4, -0.2) is 23.3 Å². The van der Waals surface area contributed by atoms with Gasteiger partial charge in [0.2, 0.25) is 5.91 Å². The van der Waals surface area contributed by atoms with E-state index in [4.69, 9.17) is 27.9 Å². The average molecular weight is 480 g/mol. The summed E-state index contributed by atoms with van der Waals surface area (Å²) in [7, 11) is 0. The molecule has 0 aliphatic carbocycles. The van der Waals surface area contributed by atoms with Crippen molar-refractivity contribution in [2.75, 3.05) is 6.61 Å². The van der Waals surface area contributed by atoms with Crippen LogP contribution in [0.2, 0.25) is 10.0 Å². The summed E-state index contributed by atoms with van der Waals surface area (Å²) in [5.41, 5.74) is 6.42. The molecule has 0 bridgehead atoms. The molecule has 0 aliphatic heterocycles. The summed E-state index contributed by atoms with van der Waals surface area (Å²) in [5.74, 6) is 0.600. The lowest BCUT2D eigenvalue weighted by Gasteiger charge is -2.08. The van der Waals surface area contributed by atoms with Crippen molar-refractivity contribution in [3.63, 3.8) is 0 Å². The van der Waals surface area contributed by atoms with Crippen LogP contribution < -0.4 is 10.2 Å². The Morgan fingerprint density at radius 3 is 2.64 bits per heavy atom. The van der Waals surface area contributed by atoms with E-state index in [0.29, 0.717) is 23.2 Å². The van der Waals surface area contributed by atoms with E-state index in [1.54, 1.807) is 12.3 Å². The Bertz CT molecular complexity index is 1300. The van der Waals surface area contributed by atoms with Crippen LogP contribution in [-0.2, 0) is 17.8 Å². The Kier molecular flexibility index (Phi) is 7.33. The second-order valence-corrected chi connectivity index (χ2v) is 8.36. The third-order valence-corrected chi connectivity index (χ3v) is 5.75. The monoisotopic (exact) mass is 479 g/mol. The molecular formula is C26H23Cl2N3O2. The number of benzene rings is 3. The molecule has 33 heavy (non-hydrogen) atoms. The largest absolute Gasteiger partial charge is 0.494 e. The lowest BCUT2D eigenvalue weighted by Crippen LogP contribution is -2.19. The summed E-state index contributed by atoms with van der Waals surface area (Å²) in [6, 6.07) is 21.0. The van der Waals surface area contributed by atoms with Gasteiger partial charge in [0.25, 0.3) is 0 Å². The first-order valence-corrected chi connectivity index (χ1v) is 11.3. The molecule has 0 aliphatic rings. The molecular weight excluding hydrogens is 457 g/mol. The predicted molar refractivity (Wildman–Crippen MR) is 135 cm³/mol. The molecule has 0 saturated carbocycles. The van der Waals surface area contributed by atoms with Crippen molar-refractivity contribution in [3.8, 4) is 5.75 Å². The fourth-order valence-electron chi connectivity index (χ4n) is 3.61. The zero-order chi connectivity index (χ0) is 23.2. The number of nitrogens with one attached hydrogen (secondary N) is 1. The molecule has 7 heteroatoms. The van der Waals surface area contributed by atoms with Crippen molar-refractivity contribution in [3.05, 3.63) is 99.7 Å². The van der Waals surface area contributed by atoms with E-state index in [1.807, 2.05) is 73.8 Å². The van der Waals surface area contributed by atoms with Crippen molar-refractivity contribution in [2.24, 2.45) is 5.10 Å². The first kappa shape index (κ1) is 22.9. The molecule has 5 nitrogen and oxygen atoms in total. The van der Waals surface area contributed by atoms with Gasteiger partial charge in [0.1, 0.15) is 5.75 Å². The Morgan fingerprint density at radius 1 is 1.09 bits per heavy atom. The van der Waals surface area contributed by atoms with Gasteiger partial charge in [-0.15, -0.1) is 0 Å². The second-order valence-electron chi connectivity index (χ2n) is 7.51. The molecule has 4 aromatic rings. The average Bonchev–Trinajstić information content (AvgIpc) is 3.15.